The molecular weight excluding hydrogens is 193 g/mol. The van der Waals surface area contributed by atoms with Crippen LogP contribution >= 0.6 is 7.75 Å². The average Bonchev–Trinajstić information content (AvgIpc) is 2.03. The van der Waals surface area contributed by atoms with Gasteiger partial charge in [-0.3, -0.25) is 0 Å². The van der Waals surface area contributed by atoms with Gasteiger partial charge in [0.1, 0.15) is 11.5 Å². The molecule has 1 rings (SSSR count). The fraction of sp³-hybridized carbons (Fsp3) is 0.143. The van der Waals surface area contributed by atoms with Gasteiger partial charge in [0.2, 0.25) is 0 Å². The Morgan fingerprint density at radius 1 is 1.31 bits per heavy atom. The molecule has 0 bridgehead atoms. The highest BCUT2D eigenvalue weighted by Gasteiger charge is 2.12. The molecule has 1 unspecified atom stereocenters. The molecule has 6 heteroatoms. The van der Waals surface area contributed by atoms with Crippen LogP contribution in [-0.4, -0.2) is 12.0 Å². The predicted molar refractivity (Wildman–Crippen MR) is 47.6 cm³/mol. The Hall–Kier alpha value is -1.03. The van der Waals surface area contributed by atoms with Gasteiger partial charge in [-0.15, -0.1) is 0 Å². The summed E-state index contributed by atoms with van der Waals surface area (Å²) in [7, 11) is -2.43. The summed E-state index contributed by atoms with van der Waals surface area (Å²) < 4.78 is 20.0. The monoisotopic (exact) mass is 203 g/mol. The maximum absolute atomic E-state index is 10.6. The molecule has 5 nitrogen and oxygen atoms in total. The molecule has 1 aromatic carbocycles. The van der Waals surface area contributed by atoms with E-state index in [0.29, 0.717) is 5.75 Å². The second kappa shape index (κ2) is 3.79. The van der Waals surface area contributed by atoms with Crippen LogP contribution in [0.15, 0.2) is 24.3 Å². The minimum atomic E-state index is -3.95. The molecule has 72 valence electrons. The number of hydrogen-bond donors (Lipinski definition) is 2. The van der Waals surface area contributed by atoms with Gasteiger partial charge >= 0.3 is 7.75 Å². The normalized spacial score (nSPS) is 14.7. The van der Waals surface area contributed by atoms with Crippen LogP contribution in [0.2, 0.25) is 0 Å². The Morgan fingerprint density at radius 2 is 1.77 bits per heavy atom. The maximum Gasteiger partial charge on any atom is 0.453 e. The molecule has 1 atom stereocenters. The average molecular weight is 203 g/mol. The minimum absolute atomic E-state index is 0.231. The van der Waals surface area contributed by atoms with E-state index >= 15 is 0 Å². The Kier molecular flexibility index (Phi) is 2.93. The van der Waals surface area contributed by atoms with Crippen LogP contribution in [0, 0.1) is 0 Å². The van der Waals surface area contributed by atoms with Crippen molar-refractivity contribution in [3.05, 3.63) is 24.3 Å². The molecule has 0 fully saturated rings. The summed E-state index contributed by atoms with van der Waals surface area (Å²) in [5, 5.41) is 0. The fourth-order valence-electron chi connectivity index (χ4n) is 0.788. The molecular formula is C7H10NO4P. The lowest BCUT2D eigenvalue weighted by molar-refractivity contribution is 0.379. The first kappa shape index (κ1) is 10.1. The number of hydrogen-bond acceptors (Lipinski definition) is 3. The maximum atomic E-state index is 10.6. The Morgan fingerprint density at radius 3 is 2.15 bits per heavy atom. The van der Waals surface area contributed by atoms with E-state index in [2.05, 4.69) is 4.52 Å². The fourth-order valence-corrected chi connectivity index (χ4v) is 1.21. The molecule has 0 aromatic heterocycles. The molecule has 0 heterocycles. The third-order valence-electron chi connectivity index (χ3n) is 1.30. The van der Waals surface area contributed by atoms with Crippen LogP contribution in [0.1, 0.15) is 0 Å². The first-order valence-corrected chi connectivity index (χ1v) is 5.11. The minimum Gasteiger partial charge on any atom is -0.497 e. The van der Waals surface area contributed by atoms with E-state index in [4.69, 9.17) is 15.1 Å². The number of methoxy groups -OCH3 is 1. The molecule has 0 spiro atoms. The number of nitrogens with two attached hydrogens (primary N) is 1. The summed E-state index contributed by atoms with van der Waals surface area (Å²) in [5.74, 6) is 0.867. The molecule has 0 saturated heterocycles. The van der Waals surface area contributed by atoms with Crippen molar-refractivity contribution in [3.63, 3.8) is 0 Å². The third-order valence-corrected chi connectivity index (χ3v) is 1.77. The Labute approximate surface area is 75.7 Å². The van der Waals surface area contributed by atoms with Crippen molar-refractivity contribution in [3.8, 4) is 11.5 Å². The van der Waals surface area contributed by atoms with Crippen molar-refractivity contribution >= 4 is 7.75 Å². The first-order chi connectivity index (χ1) is 6.01. The zero-order valence-corrected chi connectivity index (χ0v) is 7.90. The van der Waals surface area contributed by atoms with Crippen LogP contribution in [0.3, 0.4) is 0 Å². The summed E-state index contributed by atoms with van der Waals surface area (Å²) in [4.78, 5) is 8.68. The summed E-state index contributed by atoms with van der Waals surface area (Å²) in [6.45, 7) is 0. The lowest BCUT2D eigenvalue weighted by Gasteiger charge is -2.07. The van der Waals surface area contributed by atoms with Crippen molar-refractivity contribution in [2.24, 2.45) is 5.50 Å². The van der Waals surface area contributed by atoms with Gasteiger partial charge in [0.05, 0.1) is 7.11 Å². The Balaban J connectivity index is 2.76. The molecule has 0 aliphatic carbocycles. The molecule has 0 aliphatic heterocycles. The van der Waals surface area contributed by atoms with E-state index in [0.717, 1.165) is 0 Å². The molecule has 13 heavy (non-hydrogen) atoms. The topological polar surface area (TPSA) is 81.8 Å². The van der Waals surface area contributed by atoms with Crippen LogP contribution in [0.4, 0.5) is 0 Å². The van der Waals surface area contributed by atoms with Crippen molar-refractivity contribution in [2.45, 2.75) is 0 Å². The summed E-state index contributed by atoms with van der Waals surface area (Å²) in [6.07, 6.45) is 0. The van der Waals surface area contributed by atoms with Crippen LogP contribution < -0.4 is 14.8 Å². The molecule has 1 aromatic rings. The van der Waals surface area contributed by atoms with Crippen molar-refractivity contribution < 1.29 is 18.7 Å². The molecule has 0 saturated carbocycles. The van der Waals surface area contributed by atoms with Gasteiger partial charge in [0.15, 0.2) is 0 Å². The van der Waals surface area contributed by atoms with Gasteiger partial charge in [0.25, 0.3) is 0 Å². The zero-order chi connectivity index (χ0) is 9.90. The quantitative estimate of drug-likeness (QED) is 0.719. The SMILES string of the molecule is COc1ccc(OP(N)(=O)O)cc1. The van der Waals surface area contributed by atoms with Crippen LogP contribution in [0.25, 0.3) is 0 Å². The molecule has 0 radical (unpaired) electrons. The highest BCUT2D eigenvalue weighted by Crippen LogP contribution is 2.34. The second-order valence-electron chi connectivity index (χ2n) is 2.33. The van der Waals surface area contributed by atoms with Gasteiger partial charge in [-0.25, -0.2) is 10.1 Å². The van der Waals surface area contributed by atoms with Gasteiger partial charge in [-0.05, 0) is 24.3 Å². The number of rotatable bonds is 3. The van der Waals surface area contributed by atoms with Crippen LogP contribution in [0.5, 0.6) is 11.5 Å². The second-order valence-corrected chi connectivity index (χ2v) is 3.64. The number of benzene rings is 1. The van der Waals surface area contributed by atoms with Gasteiger partial charge in [0, 0.05) is 0 Å². The van der Waals surface area contributed by atoms with Crippen LogP contribution in [-0.2, 0) is 4.57 Å². The Bertz CT molecular complexity index is 318. The zero-order valence-electron chi connectivity index (χ0n) is 7.01. The molecule has 0 amide bonds. The van der Waals surface area contributed by atoms with E-state index < -0.39 is 7.75 Å². The first-order valence-electron chi connectivity index (χ1n) is 3.46. The standard InChI is InChI=1S/C7H10NO4P/c1-11-6-2-4-7(5-3-6)12-13(8,9)10/h2-5H,1H3,(H3,8,9,10). The van der Waals surface area contributed by atoms with Crippen molar-refractivity contribution in [1.29, 1.82) is 0 Å². The van der Waals surface area contributed by atoms with E-state index in [1.54, 1.807) is 12.1 Å². The van der Waals surface area contributed by atoms with Gasteiger partial charge in [-0.2, -0.15) is 0 Å². The highest BCUT2D eigenvalue weighted by molar-refractivity contribution is 7.50. The molecule has 3 N–H and O–H groups in total. The van der Waals surface area contributed by atoms with E-state index in [1.807, 2.05) is 0 Å². The van der Waals surface area contributed by atoms with E-state index in [-0.39, 0.29) is 5.75 Å². The molecule has 0 aliphatic rings. The third kappa shape index (κ3) is 3.46. The highest BCUT2D eigenvalue weighted by atomic mass is 31.2. The lowest BCUT2D eigenvalue weighted by Crippen LogP contribution is -2.00. The summed E-state index contributed by atoms with van der Waals surface area (Å²) >= 11 is 0. The van der Waals surface area contributed by atoms with Gasteiger partial charge in [-0.1, -0.05) is 0 Å². The largest absolute Gasteiger partial charge is 0.497 e. The smallest absolute Gasteiger partial charge is 0.453 e. The van der Waals surface area contributed by atoms with E-state index in [1.165, 1.54) is 19.2 Å². The van der Waals surface area contributed by atoms with Crippen molar-refractivity contribution in [2.75, 3.05) is 7.11 Å². The lowest BCUT2D eigenvalue weighted by atomic mass is 10.3. The van der Waals surface area contributed by atoms with E-state index in [9.17, 15) is 4.57 Å². The number of ether oxygens (including phenoxy) is 1. The predicted octanol–water partition coefficient (Wildman–Crippen LogP) is 1.13. The van der Waals surface area contributed by atoms with Gasteiger partial charge < -0.3 is 14.2 Å². The summed E-state index contributed by atoms with van der Waals surface area (Å²) in [5.41, 5.74) is 4.80. The summed E-state index contributed by atoms with van der Waals surface area (Å²) in [6, 6.07) is 6.19. The van der Waals surface area contributed by atoms with Crippen molar-refractivity contribution in [1.82, 2.24) is 0 Å².